The molecule has 0 bridgehead atoms. The van der Waals surface area contributed by atoms with Crippen molar-refractivity contribution in [1.82, 2.24) is 0 Å². The zero-order valence-corrected chi connectivity index (χ0v) is 7.04. The maximum Gasteiger partial charge on any atom is 0.294 e. The Morgan fingerprint density at radius 2 is 1.92 bits per heavy atom. The second-order valence-corrected chi connectivity index (χ2v) is 2.34. The zero-order chi connectivity index (χ0) is 10.3. The van der Waals surface area contributed by atoms with Crippen LogP contribution in [0.1, 0.15) is 19.8 Å². The van der Waals surface area contributed by atoms with Gasteiger partial charge in [-0.3, -0.25) is 0 Å². The summed E-state index contributed by atoms with van der Waals surface area (Å²) in [6.45, 7) is 1.44. The molecule has 0 saturated heterocycles. The SMILES string of the molecule is CC(CCCO[N+](=O)[O-])O[N+](=O)[O-]. The molecule has 8 nitrogen and oxygen atoms in total. The summed E-state index contributed by atoms with van der Waals surface area (Å²) >= 11 is 0. The van der Waals surface area contributed by atoms with Gasteiger partial charge in [0, 0.05) is 0 Å². The molecule has 0 N–H and O–H groups in total. The molecule has 0 aromatic heterocycles. The van der Waals surface area contributed by atoms with E-state index in [0.29, 0.717) is 12.8 Å². The van der Waals surface area contributed by atoms with E-state index in [-0.39, 0.29) is 6.61 Å². The molecule has 0 aromatic rings. The lowest BCUT2D eigenvalue weighted by molar-refractivity contribution is -0.768. The number of rotatable bonds is 7. The molecule has 8 heteroatoms. The smallest absolute Gasteiger partial charge is 0.294 e. The van der Waals surface area contributed by atoms with E-state index < -0.39 is 16.3 Å². The highest BCUT2D eigenvalue weighted by atomic mass is 17.0. The average molecular weight is 194 g/mol. The van der Waals surface area contributed by atoms with Crippen molar-refractivity contribution in [1.29, 1.82) is 0 Å². The van der Waals surface area contributed by atoms with Crippen LogP contribution in [0.15, 0.2) is 0 Å². The van der Waals surface area contributed by atoms with Crippen LogP contribution in [0.4, 0.5) is 0 Å². The molecule has 0 aliphatic carbocycles. The molecule has 1 atom stereocenters. The van der Waals surface area contributed by atoms with Gasteiger partial charge in [-0.1, -0.05) is 0 Å². The molecule has 0 heterocycles. The average Bonchev–Trinajstić information content (AvgIpc) is 1.96. The highest BCUT2D eigenvalue weighted by molar-refractivity contribution is 4.46. The first-order valence-corrected chi connectivity index (χ1v) is 3.61. The Hall–Kier alpha value is -1.60. The van der Waals surface area contributed by atoms with Gasteiger partial charge in [0.1, 0.15) is 6.10 Å². The van der Waals surface area contributed by atoms with Crippen LogP contribution in [0.2, 0.25) is 0 Å². The largest absolute Gasteiger partial charge is 0.314 e. The van der Waals surface area contributed by atoms with Crippen LogP contribution in [0.3, 0.4) is 0 Å². The van der Waals surface area contributed by atoms with Gasteiger partial charge in [-0.15, -0.1) is 20.2 Å². The van der Waals surface area contributed by atoms with Gasteiger partial charge in [0.2, 0.25) is 0 Å². The molecule has 0 saturated carbocycles. The van der Waals surface area contributed by atoms with Crippen molar-refractivity contribution in [3.63, 3.8) is 0 Å². The lowest BCUT2D eigenvalue weighted by Gasteiger charge is -2.07. The lowest BCUT2D eigenvalue weighted by Crippen LogP contribution is -2.14. The summed E-state index contributed by atoms with van der Waals surface area (Å²) in [7, 11) is 0. The van der Waals surface area contributed by atoms with Crippen molar-refractivity contribution in [2.24, 2.45) is 0 Å². The van der Waals surface area contributed by atoms with Gasteiger partial charge >= 0.3 is 0 Å². The Morgan fingerprint density at radius 1 is 1.31 bits per heavy atom. The van der Waals surface area contributed by atoms with Gasteiger partial charge < -0.3 is 9.68 Å². The zero-order valence-electron chi connectivity index (χ0n) is 7.04. The van der Waals surface area contributed by atoms with Gasteiger partial charge in [0.05, 0.1) is 6.61 Å². The topological polar surface area (TPSA) is 105 Å². The fourth-order valence-electron chi connectivity index (χ4n) is 0.710. The molecule has 0 spiro atoms. The van der Waals surface area contributed by atoms with Crippen LogP contribution in [0.5, 0.6) is 0 Å². The van der Waals surface area contributed by atoms with Crippen LogP contribution in [-0.4, -0.2) is 22.9 Å². The van der Waals surface area contributed by atoms with E-state index in [2.05, 4.69) is 9.68 Å². The molecule has 0 aromatic carbocycles. The molecule has 0 aliphatic heterocycles. The Balaban J connectivity index is 3.31. The molecule has 1 unspecified atom stereocenters. The van der Waals surface area contributed by atoms with E-state index in [9.17, 15) is 20.2 Å². The van der Waals surface area contributed by atoms with Gasteiger partial charge in [0.15, 0.2) is 0 Å². The van der Waals surface area contributed by atoms with Crippen LogP contribution in [0, 0.1) is 20.2 Å². The second kappa shape index (κ2) is 5.98. The normalized spacial score (nSPS) is 11.8. The van der Waals surface area contributed by atoms with Crippen LogP contribution in [-0.2, 0) is 9.68 Å². The highest BCUT2D eigenvalue weighted by Crippen LogP contribution is 2.01. The van der Waals surface area contributed by atoms with E-state index in [1.54, 1.807) is 0 Å². The third-order valence-corrected chi connectivity index (χ3v) is 1.22. The van der Waals surface area contributed by atoms with Crippen molar-refractivity contribution < 1.29 is 19.8 Å². The Bertz CT molecular complexity index is 184. The molecule has 13 heavy (non-hydrogen) atoms. The van der Waals surface area contributed by atoms with Gasteiger partial charge in [-0.2, -0.15) is 0 Å². The molecular weight excluding hydrogens is 184 g/mol. The summed E-state index contributed by atoms with van der Waals surface area (Å²) in [6, 6.07) is 0. The first-order valence-electron chi connectivity index (χ1n) is 3.61. The van der Waals surface area contributed by atoms with Crippen LogP contribution < -0.4 is 0 Å². The van der Waals surface area contributed by atoms with E-state index >= 15 is 0 Å². The van der Waals surface area contributed by atoms with Crippen LogP contribution in [0.25, 0.3) is 0 Å². The maximum absolute atomic E-state index is 9.79. The van der Waals surface area contributed by atoms with Gasteiger partial charge in [-0.25, -0.2) is 0 Å². The Morgan fingerprint density at radius 3 is 2.38 bits per heavy atom. The number of hydrogen-bond donors (Lipinski definition) is 0. The minimum absolute atomic E-state index is 0.0710. The molecule has 0 radical (unpaired) electrons. The van der Waals surface area contributed by atoms with E-state index in [1.165, 1.54) is 6.92 Å². The van der Waals surface area contributed by atoms with Crippen molar-refractivity contribution in [3.05, 3.63) is 20.2 Å². The minimum Gasteiger partial charge on any atom is -0.314 e. The lowest BCUT2D eigenvalue weighted by atomic mass is 10.2. The van der Waals surface area contributed by atoms with Crippen molar-refractivity contribution in [2.45, 2.75) is 25.9 Å². The monoisotopic (exact) mass is 194 g/mol. The second-order valence-electron chi connectivity index (χ2n) is 2.34. The minimum atomic E-state index is -0.904. The van der Waals surface area contributed by atoms with Crippen LogP contribution >= 0.6 is 0 Å². The highest BCUT2D eigenvalue weighted by Gasteiger charge is 2.06. The summed E-state index contributed by atoms with van der Waals surface area (Å²) in [5, 5.41) is 17.7. The molecule has 76 valence electrons. The predicted octanol–water partition coefficient (Wildman–Crippen LogP) is 0.572. The quantitative estimate of drug-likeness (QED) is 0.333. The predicted molar refractivity (Wildman–Crippen MR) is 39.7 cm³/mol. The summed E-state index contributed by atoms with van der Waals surface area (Å²) in [6.07, 6.45) is 0.121. The molecule has 0 amide bonds. The first kappa shape index (κ1) is 11.4. The number of nitrogens with zero attached hydrogens (tertiary/aromatic N) is 2. The fourth-order valence-corrected chi connectivity index (χ4v) is 0.710. The Labute approximate surface area is 73.6 Å². The first-order chi connectivity index (χ1) is 6.02. The summed E-state index contributed by atoms with van der Waals surface area (Å²) in [5.74, 6) is 0. The molecular formula is C5H10N2O6. The van der Waals surface area contributed by atoms with E-state index in [0.717, 1.165) is 0 Å². The standard InChI is InChI=1S/C5H10N2O6/c1-5(13-7(10)11)3-2-4-12-6(8)9/h5H,2-4H2,1H3. The van der Waals surface area contributed by atoms with Crippen molar-refractivity contribution >= 4 is 0 Å². The molecule has 0 aliphatic rings. The molecule has 0 rings (SSSR count). The summed E-state index contributed by atoms with van der Waals surface area (Å²) in [5.41, 5.74) is 0. The van der Waals surface area contributed by atoms with Gasteiger partial charge in [0.25, 0.3) is 10.2 Å². The van der Waals surface area contributed by atoms with E-state index in [4.69, 9.17) is 0 Å². The van der Waals surface area contributed by atoms with Gasteiger partial charge in [-0.05, 0) is 19.8 Å². The third-order valence-electron chi connectivity index (χ3n) is 1.22. The van der Waals surface area contributed by atoms with Crippen molar-refractivity contribution in [3.8, 4) is 0 Å². The van der Waals surface area contributed by atoms with Crippen molar-refractivity contribution in [2.75, 3.05) is 6.61 Å². The fraction of sp³-hybridized carbons (Fsp3) is 1.00. The summed E-state index contributed by atoms with van der Waals surface area (Å²) < 4.78 is 0. The molecule has 0 fully saturated rings. The Kier molecular flexibility index (Phi) is 5.24. The summed E-state index contributed by atoms with van der Waals surface area (Å²) in [4.78, 5) is 27.6. The third kappa shape index (κ3) is 8.30. The van der Waals surface area contributed by atoms with E-state index in [1.807, 2.05) is 0 Å². The number of hydrogen-bond acceptors (Lipinski definition) is 6. The maximum atomic E-state index is 9.79.